The van der Waals surface area contributed by atoms with Gasteiger partial charge in [0.1, 0.15) is 6.61 Å². The van der Waals surface area contributed by atoms with Crippen molar-refractivity contribution in [3.05, 3.63) is 50.6 Å². The summed E-state index contributed by atoms with van der Waals surface area (Å²) in [6.45, 7) is 10.4. The van der Waals surface area contributed by atoms with Crippen molar-refractivity contribution in [2.45, 2.75) is 23.0 Å². The Morgan fingerprint density at radius 1 is 0.742 bits per heavy atom. The Morgan fingerprint density at radius 3 is 1.52 bits per heavy atom. The summed E-state index contributed by atoms with van der Waals surface area (Å²) in [5, 5.41) is 42.6. The monoisotopic (exact) mass is 442 g/mol. The van der Waals surface area contributed by atoms with Crippen LogP contribution in [0.2, 0.25) is 0 Å². The molecule has 0 aliphatic heterocycles. The highest BCUT2D eigenvalue weighted by molar-refractivity contribution is 6.03. The molecule has 0 saturated heterocycles. The zero-order chi connectivity index (χ0) is 24.3. The van der Waals surface area contributed by atoms with Gasteiger partial charge in [0, 0.05) is 24.3 Å². The van der Waals surface area contributed by atoms with E-state index in [4.69, 9.17) is 0 Å². The van der Waals surface area contributed by atoms with Crippen LogP contribution >= 0.6 is 0 Å². The number of hydrogen-bond acceptors (Lipinski definition) is 13. The van der Waals surface area contributed by atoms with Crippen LogP contribution in [0.1, 0.15) is 0 Å². The molecule has 0 radical (unpaired) electrons. The third-order valence-corrected chi connectivity index (χ3v) is 4.00. The Kier molecular flexibility index (Phi) is 7.05. The third-order valence-electron chi connectivity index (χ3n) is 4.00. The maximum atomic E-state index is 13.1. The van der Waals surface area contributed by atoms with Crippen molar-refractivity contribution in [1.29, 1.82) is 0 Å². The van der Waals surface area contributed by atoms with Crippen LogP contribution in [-0.4, -0.2) is 79.7 Å². The summed E-state index contributed by atoms with van der Waals surface area (Å²) in [4.78, 5) is 59.8. The second-order valence-corrected chi connectivity index (χ2v) is 5.81. The minimum absolute atomic E-state index is 0.364. The zero-order valence-corrected chi connectivity index (χ0v) is 15.8. The van der Waals surface area contributed by atoms with Gasteiger partial charge in [0.25, 0.3) is 11.6 Å². The van der Waals surface area contributed by atoms with E-state index in [0.29, 0.717) is 24.3 Å². The largest absolute Gasteiger partial charge is 0.459 e. The minimum Gasteiger partial charge on any atom is -0.459 e. The second-order valence-electron chi connectivity index (χ2n) is 5.81. The van der Waals surface area contributed by atoms with Crippen LogP contribution in [-0.2, 0) is 42.9 Å². The number of hydrogen-bond donors (Lipinski definition) is 4. The van der Waals surface area contributed by atoms with Crippen LogP contribution in [0.25, 0.3) is 0 Å². The number of Topliss-reactive ketones (excluding diaryl/α,β-unsaturated/α-hetero) is 1. The van der Waals surface area contributed by atoms with Crippen molar-refractivity contribution in [3.8, 4) is 0 Å². The number of aliphatic hydroxyl groups is 4. The van der Waals surface area contributed by atoms with E-state index >= 15 is 0 Å². The first kappa shape index (κ1) is 25.4. The molecule has 0 aromatic carbocycles. The fourth-order valence-electron chi connectivity index (χ4n) is 2.44. The van der Waals surface area contributed by atoms with E-state index in [9.17, 15) is 44.4 Å². The number of carbonyl (C=O) groups excluding carboxylic acids is 5. The number of ether oxygens (including phenoxy) is 4. The lowest BCUT2D eigenvalue weighted by Crippen LogP contribution is -2.70. The van der Waals surface area contributed by atoms with E-state index in [2.05, 4.69) is 45.3 Å². The Bertz CT molecular complexity index is 848. The zero-order valence-electron chi connectivity index (χ0n) is 15.8. The van der Waals surface area contributed by atoms with Crippen molar-refractivity contribution in [3.63, 3.8) is 0 Å². The van der Waals surface area contributed by atoms with Crippen LogP contribution in [0.3, 0.4) is 0 Å². The Labute approximate surface area is 174 Å². The van der Waals surface area contributed by atoms with E-state index in [0.717, 1.165) is 0 Å². The average molecular weight is 442 g/mol. The fourth-order valence-corrected chi connectivity index (χ4v) is 2.44. The summed E-state index contributed by atoms with van der Waals surface area (Å²) >= 11 is 0. The van der Waals surface area contributed by atoms with Gasteiger partial charge in [-0.05, 0) is 0 Å². The van der Waals surface area contributed by atoms with E-state index in [1.165, 1.54) is 0 Å². The van der Waals surface area contributed by atoms with Gasteiger partial charge in [-0.3, -0.25) is 4.79 Å². The predicted octanol–water partition coefficient (Wildman–Crippen LogP) is -2.72. The van der Waals surface area contributed by atoms with Crippen LogP contribution in [0.5, 0.6) is 0 Å². The maximum Gasteiger partial charge on any atom is 0.393 e. The normalized spacial score (nSPS) is 25.5. The summed E-state index contributed by atoms with van der Waals surface area (Å²) in [6.07, 6.45) is 1.70. The predicted molar refractivity (Wildman–Crippen MR) is 94.8 cm³/mol. The van der Waals surface area contributed by atoms with Gasteiger partial charge >= 0.3 is 35.5 Å². The van der Waals surface area contributed by atoms with Crippen LogP contribution in [0, 0.1) is 0 Å². The first-order chi connectivity index (χ1) is 14.2. The molecule has 4 N–H and O–H groups in total. The van der Waals surface area contributed by atoms with Gasteiger partial charge in [-0.25, -0.2) is 19.2 Å². The molecular formula is C18H18O13. The first-order valence-corrected chi connectivity index (χ1v) is 8.02. The summed E-state index contributed by atoms with van der Waals surface area (Å²) in [5.74, 6) is -20.9. The molecule has 1 aliphatic rings. The van der Waals surface area contributed by atoms with Gasteiger partial charge in [0.05, 0.1) is 0 Å². The molecular weight excluding hydrogens is 424 g/mol. The lowest BCUT2D eigenvalue weighted by Gasteiger charge is -2.40. The summed E-state index contributed by atoms with van der Waals surface area (Å²) in [5.41, 5.74) is -3.80. The molecule has 0 amide bonds. The summed E-state index contributed by atoms with van der Waals surface area (Å²) < 4.78 is 17.9. The molecule has 31 heavy (non-hydrogen) atoms. The molecule has 1 fully saturated rings. The lowest BCUT2D eigenvalue weighted by atomic mass is 9.95. The molecule has 2 unspecified atom stereocenters. The van der Waals surface area contributed by atoms with Crippen LogP contribution in [0.4, 0.5) is 0 Å². The molecule has 1 rings (SSSR count). The third kappa shape index (κ3) is 3.77. The molecule has 1 aliphatic carbocycles. The van der Waals surface area contributed by atoms with Crippen molar-refractivity contribution < 1.29 is 63.3 Å². The van der Waals surface area contributed by atoms with Crippen molar-refractivity contribution in [1.82, 2.24) is 0 Å². The Balaban J connectivity index is 3.90. The van der Waals surface area contributed by atoms with E-state index in [-0.39, 0.29) is 0 Å². The van der Waals surface area contributed by atoms with Crippen molar-refractivity contribution in [2.75, 3.05) is 6.61 Å². The molecule has 13 nitrogen and oxygen atoms in total. The Morgan fingerprint density at radius 2 is 1.13 bits per heavy atom. The SMILES string of the molecule is C=CC(=O)OCC1(O)C(=O)C(OC(=O)C=C)(OC(=O)C=C)C(O)(OC(=O)C=C)C1(O)O. The highest BCUT2D eigenvalue weighted by atomic mass is 16.8. The van der Waals surface area contributed by atoms with Crippen molar-refractivity contribution >= 4 is 29.7 Å². The number of esters is 4. The molecule has 0 aromatic rings. The highest BCUT2D eigenvalue weighted by Gasteiger charge is 2.91. The van der Waals surface area contributed by atoms with Gasteiger partial charge in [0.15, 0.2) is 0 Å². The molecule has 13 heteroatoms. The smallest absolute Gasteiger partial charge is 0.393 e. The van der Waals surface area contributed by atoms with E-state index in [1.807, 2.05) is 0 Å². The maximum absolute atomic E-state index is 13.1. The molecule has 0 spiro atoms. The number of rotatable bonds is 9. The summed E-state index contributed by atoms with van der Waals surface area (Å²) in [6, 6.07) is 0. The number of carbonyl (C=O) groups is 5. The standard InChI is InChI=1S/C18H18O13/c1-5-10(19)28-9-15(24)14(23)16(29-11(20)6-2,30-12(21)7-3)18(27,17(15,25)26)31-13(22)8-4/h5-8,24-27H,1-4,9H2. The molecule has 0 heterocycles. The second kappa shape index (κ2) is 8.61. The van der Waals surface area contributed by atoms with Crippen molar-refractivity contribution in [2.24, 2.45) is 0 Å². The van der Waals surface area contributed by atoms with Gasteiger partial charge in [0.2, 0.25) is 5.60 Å². The molecule has 0 aromatic heterocycles. The van der Waals surface area contributed by atoms with E-state index < -0.39 is 59.2 Å². The molecule has 0 bridgehead atoms. The Hall–Kier alpha value is -3.65. The average Bonchev–Trinajstić information content (AvgIpc) is 2.82. The topological polar surface area (TPSA) is 203 Å². The number of ketones is 1. The first-order valence-electron chi connectivity index (χ1n) is 8.02. The highest BCUT2D eigenvalue weighted by Crippen LogP contribution is 2.52. The van der Waals surface area contributed by atoms with E-state index in [1.54, 1.807) is 0 Å². The van der Waals surface area contributed by atoms with Crippen LogP contribution in [0.15, 0.2) is 50.6 Å². The molecule has 2 atom stereocenters. The lowest BCUT2D eigenvalue weighted by molar-refractivity contribution is -0.432. The van der Waals surface area contributed by atoms with Gasteiger partial charge in [-0.2, -0.15) is 0 Å². The minimum atomic E-state index is -4.32. The quantitative estimate of drug-likeness (QED) is 0.124. The van der Waals surface area contributed by atoms with Gasteiger partial charge in [-0.15, -0.1) is 0 Å². The van der Waals surface area contributed by atoms with Gasteiger partial charge in [-0.1, -0.05) is 26.3 Å². The molecule has 168 valence electrons. The summed E-state index contributed by atoms with van der Waals surface area (Å²) in [7, 11) is 0. The fraction of sp³-hybridized carbons (Fsp3) is 0.278. The molecule has 1 saturated carbocycles. The van der Waals surface area contributed by atoms with Crippen LogP contribution < -0.4 is 0 Å². The van der Waals surface area contributed by atoms with Gasteiger partial charge < -0.3 is 39.4 Å².